The van der Waals surface area contributed by atoms with Crippen molar-refractivity contribution in [1.82, 2.24) is 0 Å². The molecule has 0 bridgehead atoms. The van der Waals surface area contributed by atoms with Gasteiger partial charge in [0.05, 0.1) is 5.69 Å². The second-order valence-electron chi connectivity index (χ2n) is 6.08. The second kappa shape index (κ2) is 7.73. The molecule has 28 heavy (non-hydrogen) atoms. The van der Waals surface area contributed by atoms with Gasteiger partial charge in [-0.2, -0.15) is 0 Å². The van der Waals surface area contributed by atoms with E-state index in [0.717, 1.165) is 5.69 Å². The van der Waals surface area contributed by atoms with Gasteiger partial charge in [-0.05, 0) is 36.4 Å². The van der Waals surface area contributed by atoms with Gasteiger partial charge < -0.3 is 14.8 Å². The molecule has 0 aromatic heterocycles. The minimum absolute atomic E-state index is 0.105. The first-order valence-electron chi connectivity index (χ1n) is 8.47. The van der Waals surface area contributed by atoms with Crippen LogP contribution in [0.25, 0.3) is 0 Å². The topological polar surface area (TPSA) is 80.2 Å². The lowest BCUT2D eigenvalue weighted by Gasteiger charge is -2.16. The summed E-state index contributed by atoms with van der Waals surface area (Å²) in [5.41, 5.74) is 1.27. The molecule has 1 fully saturated rings. The minimum Gasteiger partial charge on any atom is -0.454 e. The SMILES string of the molecule is CN=C(Nc1ccc2c(c1)OCO2)S[C@@H]1CC(=O)N(c2ccc(Cl)cc2)C1=O. The van der Waals surface area contributed by atoms with Gasteiger partial charge in [0.1, 0.15) is 5.25 Å². The Labute approximate surface area is 170 Å². The van der Waals surface area contributed by atoms with Crippen LogP contribution in [0.4, 0.5) is 11.4 Å². The first-order chi connectivity index (χ1) is 13.5. The number of ether oxygens (including phenoxy) is 2. The Kier molecular flexibility index (Phi) is 5.15. The van der Waals surface area contributed by atoms with Crippen molar-refractivity contribution < 1.29 is 19.1 Å². The van der Waals surface area contributed by atoms with E-state index in [1.54, 1.807) is 43.4 Å². The summed E-state index contributed by atoms with van der Waals surface area (Å²) in [6, 6.07) is 12.1. The van der Waals surface area contributed by atoms with Gasteiger partial charge in [-0.25, -0.2) is 4.90 Å². The maximum Gasteiger partial charge on any atom is 0.247 e. The Balaban J connectivity index is 1.46. The summed E-state index contributed by atoms with van der Waals surface area (Å²) in [5, 5.41) is 3.68. The van der Waals surface area contributed by atoms with E-state index in [4.69, 9.17) is 21.1 Å². The van der Waals surface area contributed by atoms with Crippen LogP contribution in [0.1, 0.15) is 6.42 Å². The van der Waals surface area contributed by atoms with Gasteiger partial charge >= 0.3 is 0 Å². The Hall–Kier alpha value is -2.71. The number of amides is 2. The molecule has 9 heteroatoms. The minimum atomic E-state index is -0.552. The molecule has 144 valence electrons. The summed E-state index contributed by atoms with van der Waals surface area (Å²) in [6.07, 6.45) is 0.105. The highest BCUT2D eigenvalue weighted by molar-refractivity contribution is 8.15. The predicted octanol–water partition coefficient (Wildman–Crippen LogP) is 3.53. The average molecular weight is 418 g/mol. The molecular weight excluding hydrogens is 402 g/mol. The van der Waals surface area contributed by atoms with E-state index in [-0.39, 0.29) is 25.0 Å². The van der Waals surface area contributed by atoms with Crippen molar-refractivity contribution >= 4 is 51.7 Å². The van der Waals surface area contributed by atoms with Crippen LogP contribution in [-0.4, -0.2) is 36.1 Å². The number of thioether (sulfide) groups is 1. The van der Waals surface area contributed by atoms with Crippen molar-refractivity contribution in [1.29, 1.82) is 0 Å². The van der Waals surface area contributed by atoms with Gasteiger partial charge in [-0.1, -0.05) is 23.4 Å². The maximum absolute atomic E-state index is 12.8. The zero-order chi connectivity index (χ0) is 19.7. The number of nitrogens with one attached hydrogen (secondary N) is 1. The molecular formula is C19H16ClN3O4S. The Bertz CT molecular complexity index is 964. The normalized spacial score (nSPS) is 18.7. The van der Waals surface area contributed by atoms with Gasteiger partial charge in [-0.15, -0.1) is 0 Å². The highest BCUT2D eigenvalue weighted by Gasteiger charge is 2.40. The lowest BCUT2D eigenvalue weighted by molar-refractivity contribution is -0.121. The summed E-state index contributed by atoms with van der Waals surface area (Å²) in [7, 11) is 1.63. The molecule has 1 N–H and O–H groups in total. The number of fused-ring (bicyclic) bond motifs is 1. The average Bonchev–Trinajstić information content (AvgIpc) is 3.26. The third-order valence-electron chi connectivity index (χ3n) is 4.27. The van der Waals surface area contributed by atoms with Crippen LogP contribution in [0.2, 0.25) is 5.02 Å². The molecule has 2 heterocycles. The number of hydrogen-bond acceptors (Lipinski definition) is 6. The number of carbonyl (C=O) groups excluding carboxylic acids is 2. The monoisotopic (exact) mass is 417 g/mol. The van der Waals surface area contributed by atoms with Crippen LogP contribution in [-0.2, 0) is 9.59 Å². The summed E-state index contributed by atoms with van der Waals surface area (Å²) in [6.45, 7) is 0.196. The molecule has 0 unspecified atom stereocenters. The van der Waals surface area contributed by atoms with E-state index in [2.05, 4.69) is 10.3 Å². The molecule has 2 aromatic carbocycles. The van der Waals surface area contributed by atoms with E-state index >= 15 is 0 Å². The molecule has 2 aromatic rings. The number of aliphatic imine (C=N–C) groups is 1. The van der Waals surface area contributed by atoms with Crippen molar-refractivity contribution in [3.63, 3.8) is 0 Å². The number of anilines is 2. The first-order valence-corrected chi connectivity index (χ1v) is 9.73. The molecule has 2 aliphatic rings. The number of amidine groups is 1. The van der Waals surface area contributed by atoms with Crippen molar-refractivity contribution in [3.05, 3.63) is 47.5 Å². The van der Waals surface area contributed by atoms with E-state index in [9.17, 15) is 9.59 Å². The zero-order valence-corrected chi connectivity index (χ0v) is 16.4. The van der Waals surface area contributed by atoms with E-state index in [1.807, 2.05) is 6.07 Å². The van der Waals surface area contributed by atoms with E-state index < -0.39 is 5.25 Å². The van der Waals surface area contributed by atoms with Crippen LogP contribution in [0, 0.1) is 0 Å². The van der Waals surface area contributed by atoms with Crippen LogP contribution in [0.15, 0.2) is 47.5 Å². The fraction of sp³-hybridized carbons (Fsp3) is 0.211. The number of hydrogen-bond donors (Lipinski definition) is 1. The second-order valence-corrected chi connectivity index (χ2v) is 7.70. The summed E-state index contributed by atoms with van der Waals surface area (Å²) < 4.78 is 10.7. The van der Waals surface area contributed by atoms with Gasteiger partial charge in [0.25, 0.3) is 0 Å². The van der Waals surface area contributed by atoms with Crippen LogP contribution in [0.3, 0.4) is 0 Å². The van der Waals surface area contributed by atoms with Gasteiger partial charge in [-0.3, -0.25) is 14.6 Å². The van der Waals surface area contributed by atoms with Gasteiger partial charge in [0, 0.05) is 30.2 Å². The van der Waals surface area contributed by atoms with Crippen molar-refractivity contribution in [2.24, 2.45) is 4.99 Å². The molecule has 0 spiro atoms. The smallest absolute Gasteiger partial charge is 0.247 e. The maximum atomic E-state index is 12.8. The van der Waals surface area contributed by atoms with Crippen molar-refractivity contribution in [2.75, 3.05) is 24.1 Å². The van der Waals surface area contributed by atoms with E-state index in [0.29, 0.717) is 27.4 Å². The zero-order valence-electron chi connectivity index (χ0n) is 14.8. The molecule has 7 nitrogen and oxygen atoms in total. The predicted molar refractivity (Wildman–Crippen MR) is 109 cm³/mol. The molecule has 4 rings (SSSR count). The molecule has 0 radical (unpaired) electrons. The van der Waals surface area contributed by atoms with Crippen molar-refractivity contribution in [3.8, 4) is 11.5 Å². The van der Waals surface area contributed by atoms with E-state index in [1.165, 1.54) is 16.7 Å². The number of benzene rings is 2. The molecule has 2 amide bonds. The summed E-state index contributed by atoms with van der Waals surface area (Å²) >= 11 is 7.11. The number of carbonyl (C=O) groups is 2. The summed E-state index contributed by atoms with van der Waals surface area (Å²) in [4.78, 5) is 30.6. The standard InChI is InChI=1S/C19H16ClN3O4S/c1-21-19(22-12-4-7-14-15(8-12)27-10-26-14)28-16-9-17(24)23(18(16)25)13-5-2-11(20)3-6-13/h2-8,16H,9-10H2,1H3,(H,21,22)/t16-/m1/s1. The Morgan fingerprint density at radius 2 is 1.93 bits per heavy atom. The quantitative estimate of drug-likeness (QED) is 0.467. The lowest BCUT2D eigenvalue weighted by atomic mass is 10.3. The van der Waals surface area contributed by atoms with Gasteiger partial charge in [0.15, 0.2) is 16.7 Å². The number of imide groups is 1. The summed E-state index contributed by atoms with van der Waals surface area (Å²) in [5.74, 6) is 0.809. The van der Waals surface area contributed by atoms with Crippen LogP contribution < -0.4 is 19.7 Å². The van der Waals surface area contributed by atoms with Gasteiger partial charge in [0.2, 0.25) is 18.6 Å². The van der Waals surface area contributed by atoms with Crippen molar-refractivity contribution in [2.45, 2.75) is 11.7 Å². The lowest BCUT2D eigenvalue weighted by Crippen LogP contribution is -2.31. The fourth-order valence-electron chi connectivity index (χ4n) is 2.93. The third kappa shape index (κ3) is 3.65. The molecule has 0 saturated carbocycles. The number of halogens is 1. The van der Waals surface area contributed by atoms with Crippen LogP contribution >= 0.6 is 23.4 Å². The highest BCUT2D eigenvalue weighted by Crippen LogP contribution is 2.35. The third-order valence-corrected chi connectivity index (χ3v) is 5.68. The molecule has 0 aliphatic carbocycles. The molecule has 1 saturated heterocycles. The Morgan fingerprint density at radius 3 is 2.68 bits per heavy atom. The number of rotatable bonds is 3. The first kappa shape index (κ1) is 18.6. The fourth-order valence-corrected chi connectivity index (χ4v) is 4.04. The largest absolute Gasteiger partial charge is 0.454 e. The Morgan fingerprint density at radius 1 is 1.18 bits per heavy atom. The molecule has 1 atom stereocenters. The highest BCUT2D eigenvalue weighted by atomic mass is 35.5. The molecule has 2 aliphatic heterocycles. The number of nitrogens with zero attached hydrogens (tertiary/aromatic N) is 2. The van der Waals surface area contributed by atoms with Crippen LogP contribution in [0.5, 0.6) is 11.5 Å².